The fourth-order valence-electron chi connectivity index (χ4n) is 2.67. The molecule has 22 heavy (non-hydrogen) atoms. The highest BCUT2D eigenvalue weighted by atomic mass is 35.5. The number of alkyl halides is 1. The lowest BCUT2D eigenvalue weighted by Gasteiger charge is -2.27. The number of carbonyl (C=O) groups excluding carboxylic acids is 1. The Balaban J connectivity index is 2.07. The van der Waals surface area contributed by atoms with Gasteiger partial charge in [0.2, 0.25) is 5.91 Å². The molecule has 0 bridgehead atoms. The summed E-state index contributed by atoms with van der Waals surface area (Å²) < 4.78 is 1.65. The highest BCUT2D eigenvalue weighted by molar-refractivity contribution is 6.27. The number of hydrogen-bond acceptors (Lipinski definition) is 3. The van der Waals surface area contributed by atoms with E-state index >= 15 is 0 Å². The van der Waals surface area contributed by atoms with Crippen molar-refractivity contribution < 1.29 is 14.7 Å². The van der Waals surface area contributed by atoms with Crippen LogP contribution in [0.1, 0.15) is 21.7 Å². The third-order valence-electron chi connectivity index (χ3n) is 3.73. The van der Waals surface area contributed by atoms with Gasteiger partial charge in [0.25, 0.3) is 0 Å². The first-order chi connectivity index (χ1) is 10.6. The summed E-state index contributed by atoms with van der Waals surface area (Å²) in [6.07, 6.45) is 0.549. The standard InChI is InChI=1S/C15H14ClN3O3/c16-8-13(20)18-7-6-12-11(9-18)14(15(21)22)17-19(12)10-4-2-1-3-5-10/h1-5H,6-9H2,(H,21,22). The minimum Gasteiger partial charge on any atom is -0.476 e. The van der Waals surface area contributed by atoms with E-state index in [0.29, 0.717) is 18.5 Å². The molecule has 1 amide bonds. The molecule has 0 fully saturated rings. The summed E-state index contributed by atoms with van der Waals surface area (Å²) in [6.45, 7) is 0.742. The van der Waals surface area contributed by atoms with Crippen LogP contribution in [0.25, 0.3) is 5.69 Å². The van der Waals surface area contributed by atoms with Crippen molar-refractivity contribution in [3.63, 3.8) is 0 Å². The lowest BCUT2D eigenvalue weighted by Crippen LogP contribution is -2.37. The Kier molecular flexibility index (Phi) is 3.85. The predicted molar refractivity (Wildman–Crippen MR) is 80.4 cm³/mol. The van der Waals surface area contributed by atoms with E-state index in [1.54, 1.807) is 9.58 Å². The number of carbonyl (C=O) groups is 2. The number of carboxylic acid groups (broad SMARTS) is 1. The van der Waals surface area contributed by atoms with Gasteiger partial charge < -0.3 is 10.0 Å². The third-order valence-corrected chi connectivity index (χ3v) is 3.96. The van der Waals surface area contributed by atoms with E-state index in [2.05, 4.69) is 5.10 Å². The van der Waals surface area contributed by atoms with E-state index in [1.165, 1.54) is 0 Å². The van der Waals surface area contributed by atoms with Gasteiger partial charge in [0.15, 0.2) is 5.69 Å². The second-order valence-corrected chi connectivity index (χ2v) is 5.29. The molecule has 1 aliphatic heterocycles. The van der Waals surface area contributed by atoms with Crippen LogP contribution in [-0.4, -0.2) is 44.1 Å². The maximum Gasteiger partial charge on any atom is 0.356 e. The molecule has 0 spiro atoms. The molecular weight excluding hydrogens is 306 g/mol. The lowest BCUT2D eigenvalue weighted by atomic mass is 10.0. The highest BCUT2D eigenvalue weighted by Crippen LogP contribution is 2.25. The average Bonchev–Trinajstić information content (AvgIpc) is 2.94. The number of halogens is 1. The average molecular weight is 320 g/mol. The maximum atomic E-state index is 11.8. The van der Waals surface area contributed by atoms with Crippen LogP contribution in [-0.2, 0) is 17.8 Å². The molecule has 2 heterocycles. The first-order valence-electron chi connectivity index (χ1n) is 6.85. The van der Waals surface area contributed by atoms with Crippen LogP contribution in [0, 0.1) is 0 Å². The van der Waals surface area contributed by atoms with E-state index in [-0.39, 0.29) is 24.0 Å². The summed E-state index contributed by atoms with van der Waals surface area (Å²) in [5.74, 6) is -1.40. The van der Waals surface area contributed by atoms with Gasteiger partial charge >= 0.3 is 5.97 Å². The van der Waals surface area contributed by atoms with Gasteiger partial charge in [-0.1, -0.05) is 18.2 Å². The smallest absolute Gasteiger partial charge is 0.356 e. The van der Waals surface area contributed by atoms with Crippen LogP contribution in [0.2, 0.25) is 0 Å². The first kappa shape index (κ1) is 14.6. The summed E-state index contributed by atoms with van der Waals surface area (Å²) in [7, 11) is 0. The Hall–Kier alpha value is -2.34. The molecule has 6 nitrogen and oxygen atoms in total. The monoisotopic (exact) mass is 319 g/mol. The zero-order chi connectivity index (χ0) is 15.7. The number of hydrogen-bond donors (Lipinski definition) is 1. The molecule has 0 saturated carbocycles. The van der Waals surface area contributed by atoms with Crippen molar-refractivity contribution in [3.8, 4) is 5.69 Å². The molecule has 1 aliphatic rings. The molecule has 1 N–H and O–H groups in total. The molecule has 0 aliphatic carbocycles. The Morgan fingerprint density at radius 2 is 2.00 bits per heavy atom. The van der Waals surface area contributed by atoms with Crippen molar-refractivity contribution >= 4 is 23.5 Å². The van der Waals surface area contributed by atoms with Crippen LogP contribution >= 0.6 is 11.6 Å². The van der Waals surface area contributed by atoms with Gasteiger partial charge in [-0.25, -0.2) is 9.48 Å². The summed E-state index contributed by atoms with van der Waals surface area (Å²) in [5.41, 5.74) is 2.22. The number of aromatic carboxylic acids is 1. The van der Waals surface area contributed by atoms with Crippen LogP contribution < -0.4 is 0 Å². The number of fused-ring (bicyclic) bond motifs is 1. The van der Waals surface area contributed by atoms with Gasteiger partial charge in [-0.3, -0.25) is 4.79 Å². The van der Waals surface area contributed by atoms with Crippen molar-refractivity contribution in [2.24, 2.45) is 0 Å². The normalized spacial score (nSPS) is 13.8. The zero-order valence-electron chi connectivity index (χ0n) is 11.7. The summed E-state index contributed by atoms with van der Waals surface area (Å²) in [5, 5.41) is 13.6. The number of carboxylic acids is 1. The largest absolute Gasteiger partial charge is 0.476 e. The SMILES string of the molecule is O=C(O)c1nn(-c2ccccc2)c2c1CN(C(=O)CCl)CC2. The summed E-state index contributed by atoms with van der Waals surface area (Å²) in [6, 6.07) is 9.37. The molecule has 3 rings (SSSR count). The van der Waals surface area contributed by atoms with Crippen LogP contribution in [0.3, 0.4) is 0 Å². The molecule has 0 saturated heterocycles. The lowest BCUT2D eigenvalue weighted by molar-refractivity contribution is -0.129. The number of benzene rings is 1. The Labute approximate surface area is 131 Å². The van der Waals surface area contributed by atoms with Gasteiger partial charge in [-0.15, -0.1) is 11.6 Å². The second-order valence-electron chi connectivity index (χ2n) is 5.03. The molecule has 114 valence electrons. The van der Waals surface area contributed by atoms with E-state index in [4.69, 9.17) is 11.6 Å². The van der Waals surface area contributed by atoms with E-state index in [1.807, 2.05) is 30.3 Å². The first-order valence-corrected chi connectivity index (χ1v) is 7.38. The minimum absolute atomic E-state index is 0.00840. The summed E-state index contributed by atoms with van der Waals surface area (Å²) in [4.78, 5) is 24.8. The molecule has 1 aromatic heterocycles. The molecule has 2 aromatic rings. The van der Waals surface area contributed by atoms with Gasteiger partial charge in [0.05, 0.1) is 11.4 Å². The number of amides is 1. The molecule has 7 heteroatoms. The van der Waals surface area contributed by atoms with Gasteiger partial charge in [-0.05, 0) is 12.1 Å². The Bertz CT molecular complexity index is 727. The van der Waals surface area contributed by atoms with E-state index in [0.717, 1.165) is 11.4 Å². The maximum absolute atomic E-state index is 11.8. The Morgan fingerprint density at radius 1 is 1.27 bits per heavy atom. The Morgan fingerprint density at radius 3 is 2.64 bits per heavy atom. The molecule has 0 atom stereocenters. The molecule has 1 aromatic carbocycles. The van der Waals surface area contributed by atoms with Gasteiger partial charge in [-0.2, -0.15) is 5.10 Å². The van der Waals surface area contributed by atoms with Crippen molar-refractivity contribution in [1.29, 1.82) is 0 Å². The van der Waals surface area contributed by atoms with E-state index < -0.39 is 5.97 Å². The topological polar surface area (TPSA) is 75.4 Å². The van der Waals surface area contributed by atoms with Crippen molar-refractivity contribution in [2.75, 3.05) is 12.4 Å². The zero-order valence-corrected chi connectivity index (χ0v) is 12.5. The fourth-order valence-corrected chi connectivity index (χ4v) is 2.84. The molecule has 0 radical (unpaired) electrons. The van der Waals surface area contributed by atoms with E-state index in [9.17, 15) is 14.7 Å². The quantitative estimate of drug-likeness (QED) is 0.874. The highest BCUT2D eigenvalue weighted by Gasteiger charge is 2.30. The molecule has 0 unspecified atom stereocenters. The van der Waals surface area contributed by atoms with Gasteiger partial charge in [0, 0.05) is 25.1 Å². The fraction of sp³-hybridized carbons (Fsp3) is 0.267. The predicted octanol–water partition coefficient (Wildman–Crippen LogP) is 1.69. The van der Waals surface area contributed by atoms with Crippen molar-refractivity contribution in [3.05, 3.63) is 47.3 Å². The minimum atomic E-state index is -1.09. The number of para-hydroxylation sites is 1. The van der Waals surface area contributed by atoms with Crippen molar-refractivity contribution in [2.45, 2.75) is 13.0 Å². The van der Waals surface area contributed by atoms with Crippen molar-refractivity contribution in [1.82, 2.24) is 14.7 Å². The number of aromatic nitrogens is 2. The molecular formula is C15H14ClN3O3. The second kappa shape index (κ2) is 5.81. The number of nitrogens with zero attached hydrogens (tertiary/aromatic N) is 3. The number of rotatable bonds is 3. The summed E-state index contributed by atoms with van der Waals surface area (Å²) >= 11 is 5.59. The van der Waals surface area contributed by atoms with Gasteiger partial charge in [0.1, 0.15) is 5.88 Å². The van der Waals surface area contributed by atoms with Crippen LogP contribution in [0.5, 0.6) is 0 Å². The third kappa shape index (κ3) is 2.46. The van der Waals surface area contributed by atoms with Crippen LogP contribution in [0.15, 0.2) is 30.3 Å². The van der Waals surface area contributed by atoms with Crippen LogP contribution in [0.4, 0.5) is 0 Å².